The molecule has 1 aromatic carbocycles. The second-order valence-corrected chi connectivity index (χ2v) is 4.51. The van der Waals surface area contributed by atoms with Gasteiger partial charge in [0.25, 0.3) is 5.69 Å². The van der Waals surface area contributed by atoms with Gasteiger partial charge in [0.2, 0.25) is 5.91 Å². The van der Waals surface area contributed by atoms with Gasteiger partial charge in [0.15, 0.2) is 17.3 Å². The number of carbonyl (C=O) groups is 1. The highest BCUT2D eigenvalue weighted by atomic mass is 19.2. The number of benzene rings is 1. The van der Waals surface area contributed by atoms with Gasteiger partial charge in [-0.3, -0.25) is 14.9 Å². The summed E-state index contributed by atoms with van der Waals surface area (Å²) in [6.45, 7) is 0.743. The molecule has 1 heterocycles. The third-order valence-corrected chi connectivity index (χ3v) is 3.32. The Labute approximate surface area is 119 Å². The molecule has 1 unspecified atom stereocenters. The Hall–Kier alpha value is -2.29. The van der Waals surface area contributed by atoms with E-state index >= 15 is 0 Å². The highest BCUT2D eigenvalue weighted by Gasteiger charge is 2.35. The van der Waals surface area contributed by atoms with Crippen molar-refractivity contribution in [3.8, 4) is 0 Å². The van der Waals surface area contributed by atoms with Gasteiger partial charge in [-0.15, -0.1) is 0 Å². The lowest BCUT2D eigenvalue weighted by Crippen LogP contribution is -2.58. The molecule has 2 rings (SSSR count). The summed E-state index contributed by atoms with van der Waals surface area (Å²) in [5.74, 6) is -2.94. The Kier molecular flexibility index (Phi) is 4.32. The smallest absolute Gasteiger partial charge is 0.295 e. The maximum Gasteiger partial charge on any atom is 0.295 e. The van der Waals surface area contributed by atoms with Crippen LogP contribution in [-0.2, 0) is 4.79 Å². The van der Waals surface area contributed by atoms with Crippen LogP contribution >= 0.6 is 0 Å². The van der Waals surface area contributed by atoms with E-state index in [1.165, 1.54) is 11.9 Å². The van der Waals surface area contributed by atoms with Crippen LogP contribution in [0.3, 0.4) is 0 Å². The van der Waals surface area contributed by atoms with Gasteiger partial charge in [-0.2, -0.15) is 0 Å². The number of carbonyl (C=O) groups excluding carboxylic acids is 1. The number of likely N-dealkylation sites (N-methyl/N-ethyl adjacent to an activating group) is 1. The van der Waals surface area contributed by atoms with E-state index in [-0.39, 0.29) is 13.1 Å². The summed E-state index contributed by atoms with van der Waals surface area (Å²) in [5.41, 5.74) is -1.06. The minimum absolute atomic E-state index is 0.152. The first kappa shape index (κ1) is 15.1. The van der Waals surface area contributed by atoms with Crippen LogP contribution in [0.1, 0.15) is 0 Å². The third kappa shape index (κ3) is 2.77. The standard InChI is InChI=1S/C12H14F2N4O3/c1-15-12(19)9-6-16-4-5-17(9)11-8(18(20)21)3-2-7(13)10(11)14/h2-3,9,16H,4-6H2,1H3,(H,15,19). The molecule has 0 radical (unpaired) electrons. The number of piperazine rings is 1. The van der Waals surface area contributed by atoms with E-state index in [0.29, 0.717) is 12.6 Å². The molecule has 1 amide bonds. The average Bonchev–Trinajstić information content (AvgIpc) is 2.48. The van der Waals surface area contributed by atoms with Gasteiger partial charge in [-0.25, -0.2) is 8.78 Å². The molecule has 114 valence electrons. The van der Waals surface area contributed by atoms with Gasteiger partial charge in [0.05, 0.1) is 4.92 Å². The highest BCUT2D eigenvalue weighted by molar-refractivity contribution is 5.86. The summed E-state index contributed by atoms with van der Waals surface area (Å²) < 4.78 is 27.5. The number of hydrogen-bond acceptors (Lipinski definition) is 5. The molecular weight excluding hydrogens is 286 g/mol. The fraction of sp³-hybridized carbons (Fsp3) is 0.417. The zero-order valence-electron chi connectivity index (χ0n) is 11.2. The molecule has 1 atom stereocenters. The lowest BCUT2D eigenvalue weighted by atomic mass is 10.1. The van der Waals surface area contributed by atoms with Crippen molar-refractivity contribution in [3.63, 3.8) is 0 Å². The van der Waals surface area contributed by atoms with E-state index in [0.717, 1.165) is 6.07 Å². The molecule has 0 saturated carbocycles. The van der Waals surface area contributed by atoms with Crippen molar-refractivity contribution in [2.24, 2.45) is 0 Å². The largest absolute Gasteiger partial charge is 0.357 e. The predicted molar refractivity (Wildman–Crippen MR) is 71.1 cm³/mol. The maximum absolute atomic E-state index is 14.1. The van der Waals surface area contributed by atoms with Crippen LogP contribution in [0.5, 0.6) is 0 Å². The first-order chi connectivity index (χ1) is 9.97. The maximum atomic E-state index is 14.1. The van der Waals surface area contributed by atoms with E-state index in [1.54, 1.807) is 0 Å². The molecule has 1 fully saturated rings. The number of halogens is 2. The fourth-order valence-corrected chi connectivity index (χ4v) is 2.32. The molecule has 9 heteroatoms. The average molecular weight is 300 g/mol. The van der Waals surface area contributed by atoms with Crippen LogP contribution in [0.25, 0.3) is 0 Å². The number of anilines is 1. The van der Waals surface area contributed by atoms with Gasteiger partial charge >= 0.3 is 0 Å². The summed E-state index contributed by atoms with van der Waals surface area (Å²) in [6.07, 6.45) is 0. The van der Waals surface area contributed by atoms with E-state index in [2.05, 4.69) is 10.6 Å². The molecule has 0 bridgehead atoms. The molecular formula is C12H14F2N4O3. The quantitative estimate of drug-likeness (QED) is 0.623. The molecule has 0 spiro atoms. The molecule has 21 heavy (non-hydrogen) atoms. The second kappa shape index (κ2) is 6.00. The van der Waals surface area contributed by atoms with Crippen molar-refractivity contribution >= 4 is 17.3 Å². The summed E-state index contributed by atoms with van der Waals surface area (Å²) in [7, 11) is 1.41. The Bertz CT molecular complexity index is 582. The van der Waals surface area contributed by atoms with Crippen molar-refractivity contribution in [2.75, 3.05) is 31.6 Å². The van der Waals surface area contributed by atoms with Crippen molar-refractivity contribution in [2.45, 2.75) is 6.04 Å². The van der Waals surface area contributed by atoms with Crippen LogP contribution in [0.4, 0.5) is 20.2 Å². The van der Waals surface area contributed by atoms with E-state index < -0.39 is 39.9 Å². The summed E-state index contributed by atoms with van der Waals surface area (Å²) in [5, 5.41) is 16.4. The monoisotopic (exact) mass is 300 g/mol. The predicted octanol–water partition coefficient (Wildman–Crippen LogP) is 0.397. The Morgan fingerprint density at radius 1 is 1.52 bits per heavy atom. The van der Waals surface area contributed by atoms with Gasteiger partial charge in [-0.05, 0) is 6.07 Å². The molecule has 2 N–H and O–H groups in total. The number of nitrogens with one attached hydrogen (secondary N) is 2. The Morgan fingerprint density at radius 2 is 2.24 bits per heavy atom. The van der Waals surface area contributed by atoms with E-state index in [1.807, 2.05) is 0 Å². The molecule has 1 aliphatic rings. The number of amides is 1. The number of hydrogen-bond donors (Lipinski definition) is 2. The van der Waals surface area contributed by atoms with Crippen molar-refractivity contribution in [1.29, 1.82) is 0 Å². The van der Waals surface area contributed by atoms with E-state index in [9.17, 15) is 23.7 Å². The molecule has 0 aliphatic carbocycles. The van der Waals surface area contributed by atoms with Gasteiger partial charge in [0, 0.05) is 32.7 Å². The SMILES string of the molecule is CNC(=O)C1CNCCN1c1c([N+](=O)[O-])ccc(F)c1F. The summed E-state index contributed by atoms with van der Waals surface area (Å²) in [6, 6.07) is 0.754. The number of nitro groups is 1. The van der Waals surface area contributed by atoms with Gasteiger partial charge in [-0.1, -0.05) is 0 Å². The van der Waals surface area contributed by atoms with Gasteiger partial charge in [0.1, 0.15) is 6.04 Å². The van der Waals surface area contributed by atoms with Crippen LogP contribution < -0.4 is 15.5 Å². The molecule has 1 aromatic rings. The number of rotatable bonds is 3. The normalized spacial score (nSPS) is 18.4. The van der Waals surface area contributed by atoms with Crippen LogP contribution in [0, 0.1) is 21.7 Å². The van der Waals surface area contributed by atoms with Crippen molar-refractivity contribution in [3.05, 3.63) is 33.9 Å². The summed E-state index contributed by atoms with van der Waals surface area (Å²) in [4.78, 5) is 23.3. The zero-order chi connectivity index (χ0) is 15.6. The molecule has 0 aromatic heterocycles. The fourth-order valence-electron chi connectivity index (χ4n) is 2.32. The lowest BCUT2D eigenvalue weighted by molar-refractivity contribution is -0.384. The lowest BCUT2D eigenvalue weighted by Gasteiger charge is -2.36. The molecule has 7 nitrogen and oxygen atoms in total. The first-order valence-corrected chi connectivity index (χ1v) is 6.28. The zero-order valence-corrected chi connectivity index (χ0v) is 11.2. The van der Waals surface area contributed by atoms with Crippen LogP contribution in [0.15, 0.2) is 12.1 Å². The number of nitro benzene ring substituents is 1. The first-order valence-electron chi connectivity index (χ1n) is 6.28. The Morgan fingerprint density at radius 3 is 2.86 bits per heavy atom. The molecule has 1 saturated heterocycles. The topological polar surface area (TPSA) is 87.5 Å². The third-order valence-electron chi connectivity index (χ3n) is 3.32. The number of nitrogens with zero attached hydrogens (tertiary/aromatic N) is 2. The molecule has 1 aliphatic heterocycles. The summed E-state index contributed by atoms with van der Waals surface area (Å²) >= 11 is 0. The minimum Gasteiger partial charge on any atom is -0.357 e. The minimum atomic E-state index is -1.32. The van der Waals surface area contributed by atoms with Gasteiger partial charge < -0.3 is 15.5 Å². The van der Waals surface area contributed by atoms with Crippen molar-refractivity contribution in [1.82, 2.24) is 10.6 Å². The van der Waals surface area contributed by atoms with Crippen LogP contribution in [-0.4, -0.2) is 43.6 Å². The second-order valence-electron chi connectivity index (χ2n) is 4.51. The van der Waals surface area contributed by atoms with E-state index in [4.69, 9.17) is 0 Å². The van der Waals surface area contributed by atoms with Crippen molar-refractivity contribution < 1.29 is 18.5 Å². The Balaban J connectivity index is 2.54. The van der Waals surface area contributed by atoms with Crippen LogP contribution in [0.2, 0.25) is 0 Å². The highest BCUT2D eigenvalue weighted by Crippen LogP contribution is 2.34.